The lowest BCUT2D eigenvalue weighted by Crippen LogP contribution is -2.49. The van der Waals surface area contributed by atoms with E-state index < -0.39 is 0 Å². The number of benzene rings is 1. The molecule has 1 unspecified atom stereocenters. The van der Waals surface area contributed by atoms with Gasteiger partial charge in [-0.3, -0.25) is 0 Å². The number of hydrogen-bond acceptors (Lipinski definition) is 2. The number of carbonyl (C=O) groups excluding carboxylic acids is 1. The van der Waals surface area contributed by atoms with Crippen molar-refractivity contribution in [2.75, 3.05) is 19.7 Å². The fourth-order valence-electron chi connectivity index (χ4n) is 3.05. The van der Waals surface area contributed by atoms with Crippen molar-refractivity contribution in [1.82, 2.24) is 10.2 Å². The molecular weight excluding hydrogens is 271 g/mol. The molecule has 1 aliphatic heterocycles. The quantitative estimate of drug-likeness (QED) is 0.910. The van der Waals surface area contributed by atoms with Crippen molar-refractivity contribution in [2.45, 2.75) is 37.8 Å². The first-order chi connectivity index (χ1) is 10.2. The zero-order chi connectivity index (χ0) is 14.7. The predicted octanol–water partition coefficient (Wildman–Crippen LogP) is 2.85. The minimum atomic E-state index is -0.259. The molecule has 2 aliphatic rings. The van der Waals surface area contributed by atoms with Crippen LogP contribution in [0.3, 0.4) is 0 Å². The summed E-state index contributed by atoms with van der Waals surface area (Å²) in [5.41, 5.74) is 0.912. The number of ether oxygens (including phenoxy) is 1. The first kappa shape index (κ1) is 14.3. The van der Waals surface area contributed by atoms with Crippen molar-refractivity contribution in [1.29, 1.82) is 0 Å². The van der Waals surface area contributed by atoms with Crippen LogP contribution in [0.5, 0.6) is 0 Å². The number of halogens is 1. The highest BCUT2D eigenvalue weighted by atomic mass is 19.1. The summed E-state index contributed by atoms with van der Waals surface area (Å²) < 4.78 is 18.7. The number of rotatable bonds is 2. The van der Waals surface area contributed by atoms with Gasteiger partial charge in [-0.1, -0.05) is 25.0 Å². The average Bonchev–Trinajstić information content (AvgIpc) is 3.01. The van der Waals surface area contributed by atoms with E-state index in [9.17, 15) is 9.18 Å². The van der Waals surface area contributed by atoms with Crippen molar-refractivity contribution in [3.63, 3.8) is 0 Å². The molecule has 0 radical (unpaired) electrons. The van der Waals surface area contributed by atoms with Gasteiger partial charge in [0.25, 0.3) is 0 Å². The maximum absolute atomic E-state index is 13.0. The van der Waals surface area contributed by atoms with E-state index in [2.05, 4.69) is 5.32 Å². The fourth-order valence-corrected chi connectivity index (χ4v) is 3.05. The van der Waals surface area contributed by atoms with Gasteiger partial charge in [-0.05, 0) is 30.5 Å². The van der Waals surface area contributed by atoms with Crippen LogP contribution in [0.2, 0.25) is 0 Å². The van der Waals surface area contributed by atoms with Crippen LogP contribution in [-0.4, -0.2) is 36.7 Å². The third kappa shape index (κ3) is 3.53. The van der Waals surface area contributed by atoms with Crippen molar-refractivity contribution >= 4 is 6.03 Å². The van der Waals surface area contributed by atoms with Gasteiger partial charge in [-0.25, -0.2) is 9.18 Å². The van der Waals surface area contributed by atoms with Crippen LogP contribution in [0.1, 0.15) is 37.4 Å². The molecule has 1 N–H and O–H groups in total. The SMILES string of the molecule is O=C(NC1CCCC1)N1CCOC(c2ccc(F)cc2)C1. The van der Waals surface area contributed by atoms with E-state index in [0.717, 1.165) is 18.4 Å². The number of carbonyl (C=O) groups is 1. The Morgan fingerprint density at radius 3 is 2.67 bits per heavy atom. The lowest BCUT2D eigenvalue weighted by atomic mass is 10.1. The summed E-state index contributed by atoms with van der Waals surface area (Å²) in [6.45, 7) is 1.64. The number of morpholine rings is 1. The summed E-state index contributed by atoms with van der Waals surface area (Å²) in [4.78, 5) is 14.1. The third-order valence-corrected chi connectivity index (χ3v) is 4.28. The zero-order valence-electron chi connectivity index (χ0n) is 12.1. The first-order valence-electron chi connectivity index (χ1n) is 7.65. The Morgan fingerprint density at radius 2 is 1.95 bits per heavy atom. The van der Waals surface area contributed by atoms with E-state index in [0.29, 0.717) is 25.7 Å². The van der Waals surface area contributed by atoms with Crippen LogP contribution < -0.4 is 5.32 Å². The molecule has 1 aromatic rings. The smallest absolute Gasteiger partial charge is 0.317 e. The predicted molar refractivity (Wildman–Crippen MR) is 77.5 cm³/mol. The van der Waals surface area contributed by atoms with E-state index in [4.69, 9.17) is 4.74 Å². The Kier molecular flexibility index (Phi) is 4.39. The summed E-state index contributed by atoms with van der Waals surface area (Å²) in [5.74, 6) is -0.259. The monoisotopic (exact) mass is 292 g/mol. The highest BCUT2D eigenvalue weighted by molar-refractivity contribution is 5.74. The molecule has 0 aromatic heterocycles. The van der Waals surface area contributed by atoms with Crippen LogP contribution in [0.25, 0.3) is 0 Å². The second-order valence-electron chi connectivity index (χ2n) is 5.79. The van der Waals surface area contributed by atoms with Gasteiger partial charge in [0.2, 0.25) is 0 Å². The number of hydrogen-bond donors (Lipinski definition) is 1. The lowest BCUT2D eigenvalue weighted by molar-refractivity contribution is -0.0157. The van der Waals surface area contributed by atoms with Crippen molar-refractivity contribution in [3.05, 3.63) is 35.6 Å². The van der Waals surface area contributed by atoms with E-state index in [1.165, 1.54) is 25.0 Å². The number of nitrogens with one attached hydrogen (secondary N) is 1. The molecule has 1 saturated heterocycles. The van der Waals surface area contributed by atoms with Crippen molar-refractivity contribution in [2.24, 2.45) is 0 Å². The second-order valence-corrected chi connectivity index (χ2v) is 5.79. The fraction of sp³-hybridized carbons (Fsp3) is 0.562. The van der Waals surface area contributed by atoms with E-state index in [1.807, 2.05) is 0 Å². The van der Waals surface area contributed by atoms with Gasteiger partial charge < -0.3 is 15.0 Å². The van der Waals surface area contributed by atoms with E-state index in [1.54, 1.807) is 17.0 Å². The molecular formula is C16H21FN2O2. The van der Waals surface area contributed by atoms with E-state index >= 15 is 0 Å². The largest absolute Gasteiger partial charge is 0.370 e. The second kappa shape index (κ2) is 6.43. The Morgan fingerprint density at radius 1 is 1.24 bits per heavy atom. The third-order valence-electron chi connectivity index (χ3n) is 4.28. The summed E-state index contributed by atoms with van der Waals surface area (Å²) in [5, 5.41) is 3.10. The van der Waals surface area contributed by atoms with Gasteiger partial charge in [0.1, 0.15) is 11.9 Å². The minimum Gasteiger partial charge on any atom is -0.370 e. The maximum Gasteiger partial charge on any atom is 0.317 e. The zero-order valence-corrected chi connectivity index (χ0v) is 12.1. The Labute approximate surface area is 124 Å². The molecule has 0 bridgehead atoms. The highest BCUT2D eigenvalue weighted by Gasteiger charge is 2.27. The minimum absolute atomic E-state index is 0.00249. The van der Waals surface area contributed by atoms with Crippen LogP contribution in [0.4, 0.5) is 9.18 Å². The van der Waals surface area contributed by atoms with Crippen LogP contribution in [0.15, 0.2) is 24.3 Å². The Bertz CT molecular complexity index is 486. The molecule has 1 atom stereocenters. The molecule has 5 heteroatoms. The number of nitrogens with zero attached hydrogens (tertiary/aromatic N) is 1. The summed E-state index contributed by atoms with van der Waals surface area (Å²) in [7, 11) is 0. The van der Waals surface area contributed by atoms with E-state index in [-0.39, 0.29) is 18.0 Å². The summed E-state index contributed by atoms with van der Waals surface area (Å²) >= 11 is 0. The maximum atomic E-state index is 13.0. The molecule has 1 aromatic carbocycles. The van der Waals surface area contributed by atoms with Gasteiger partial charge >= 0.3 is 6.03 Å². The topological polar surface area (TPSA) is 41.6 Å². The molecule has 2 amide bonds. The van der Waals surface area contributed by atoms with Crippen LogP contribution in [-0.2, 0) is 4.74 Å². The molecule has 114 valence electrons. The molecule has 4 nitrogen and oxygen atoms in total. The Balaban J connectivity index is 1.59. The van der Waals surface area contributed by atoms with Crippen molar-refractivity contribution < 1.29 is 13.9 Å². The van der Waals surface area contributed by atoms with Gasteiger partial charge in [0, 0.05) is 12.6 Å². The van der Waals surface area contributed by atoms with Crippen LogP contribution >= 0.6 is 0 Å². The first-order valence-corrected chi connectivity index (χ1v) is 7.65. The molecule has 21 heavy (non-hydrogen) atoms. The standard InChI is InChI=1S/C16H21FN2O2/c17-13-7-5-12(6-8-13)15-11-19(9-10-21-15)16(20)18-14-3-1-2-4-14/h5-8,14-15H,1-4,9-11H2,(H,18,20). The van der Waals surface area contributed by atoms with Gasteiger partial charge in [0.05, 0.1) is 13.2 Å². The number of urea groups is 1. The molecule has 1 heterocycles. The van der Waals surface area contributed by atoms with Crippen molar-refractivity contribution in [3.8, 4) is 0 Å². The summed E-state index contributed by atoms with van der Waals surface area (Å²) in [6, 6.07) is 6.62. The normalized spacial score (nSPS) is 23.3. The number of amides is 2. The average molecular weight is 292 g/mol. The Hall–Kier alpha value is -1.62. The van der Waals surface area contributed by atoms with Gasteiger partial charge in [0.15, 0.2) is 0 Å². The molecule has 0 spiro atoms. The summed E-state index contributed by atoms with van der Waals surface area (Å²) in [6.07, 6.45) is 4.39. The van der Waals surface area contributed by atoms with Gasteiger partial charge in [-0.2, -0.15) is 0 Å². The molecule has 3 rings (SSSR count). The molecule has 1 aliphatic carbocycles. The van der Waals surface area contributed by atoms with Crippen LogP contribution in [0, 0.1) is 5.82 Å². The molecule has 1 saturated carbocycles. The highest BCUT2D eigenvalue weighted by Crippen LogP contribution is 2.23. The van der Waals surface area contributed by atoms with Gasteiger partial charge in [-0.15, -0.1) is 0 Å². The lowest BCUT2D eigenvalue weighted by Gasteiger charge is -2.34. The molecule has 2 fully saturated rings.